The largest absolute Gasteiger partial charge is 0.494 e. The fourth-order valence-electron chi connectivity index (χ4n) is 4.82. The first kappa shape index (κ1) is 38.6. The molecular formula is C40H48O9. The summed E-state index contributed by atoms with van der Waals surface area (Å²) >= 11 is 0. The number of hydrogen-bond acceptors (Lipinski definition) is 9. The summed E-state index contributed by atoms with van der Waals surface area (Å²) in [6.45, 7) is 9.69. The van der Waals surface area contributed by atoms with E-state index < -0.39 is 11.9 Å². The molecule has 0 amide bonds. The Morgan fingerprint density at radius 3 is 1.65 bits per heavy atom. The molecule has 262 valence electrons. The van der Waals surface area contributed by atoms with E-state index >= 15 is 0 Å². The summed E-state index contributed by atoms with van der Waals surface area (Å²) in [4.78, 5) is 44.1. The summed E-state index contributed by atoms with van der Waals surface area (Å²) in [5, 5.41) is 0. The van der Waals surface area contributed by atoms with E-state index in [1.807, 2.05) is 36.4 Å². The van der Waals surface area contributed by atoms with Gasteiger partial charge in [0.15, 0.2) is 0 Å². The van der Waals surface area contributed by atoms with Crippen LogP contribution in [0.25, 0.3) is 11.1 Å². The number of hydrogen-bond donors (Lipinski definition) is 0. The van der Waals surface area contributed by atoms with Gasteiger partial charge in [-0.25, -0.2) is 14.4 Å². The normalized spacial score (nSPS) is 11.2. The number of carbonyl (C=O) groups excluding carboxylic acids is 3. The van der Waals surface area contributed by atoms with Crippen molar-refractivity contribution in [3.05, 3.63) is 104 Å². The number of benzene rings is 3. The van der Waals surface area contributed by atoms with E-state index in [9.17, 15) is 14.4 Å². The lowest BCUT2D eigenvalue weighted by Gasteiger charge is -2.14. The lowest BCUT2D eigenvalue weighted by Crippen LogP contribution is -2.20. The quantitative estimate of drug-likeness (QED) is 0.0230. The van der Waals surface area contributed by atoms with Crippen LogP contribution in [-0.4, -0.2) is 43.8 Å². The third-order valence-corrected chi connectivity index (χ3v) is 7.51. The van der Waals surface area contributed by atoms with Crippen LogP contribution in [-0.2, 0) is 24.1 Å². The molecule has 9 heteroatoms. The van der Waals surface area contributed by atoms with E-state index in [-0.39, 0.29) is 18.7 Å². The van der Waals surface area contributed by atoms with Gasteiger partial charge in [0.2, 0.25) is 0 Å². The second-order valence-corrected chi connectivity index (χ2v) is 11.5. The van der Waals surface area contributed by atoms with E-state index in [4.69, 9.17) is 23.8 Å². The molecule has 0 unspecified atom stereocenters. The van der Waals surface area contributed by atoms with Gasteiger partial charge in [-0.15, -0.1) is 0 Å². The van der Waals surface area contributed by atoms with Crippen molar-refractivity contribution in [3.8, 4) is 28.4 Å². The van der Waals surface area contributed by atoms with E-state index in [1.165, 1.54) is 44.6 Å². The first-order chi connectivity index (χ1) is 23.9. The minimum atomic E-state index is -0.663. The van der Waals surface area contributed by atoms with Crippen LogP contribution in [0.4, 0.5) is 0 Å². The van der Waals surface area contributed by atoms with Crippen molar-refractivity contribution in [2.75, 3.05) is 19.8 Å². The van der Waals surface area contributed by atoms with Gasteiger partial charge >= 0.3 is 17.9 Å². The predicted octanol–water partition coefficient (Wildman–Crippen LogP) is 9.01. The van der Waals surface area contributed by atoms with Gasteiger partial charge < -0.3 is 18.9 Å². The van der Waals surface area contributed by atoms with Crippen LogP contribution < -0.4 is 14.2 Å². The highest BCUT2D eigenvalue weighted by atomic mass is 17.2. The zero-order valence-electron chi connectivity index (χ0n) is 28.4. The van der Waals surface area contributed by atoms with Crippen LogP contribution in [0.3, 0.4) is 0 Å². The van der Waals surface area contributed by atoms with Crippen molar-refractivity contribution < 1.29 is 43.1 Å². The van der Waals surface area contributed by atoms with E-state index in [0.29, 0.717) is 30.3 Å². The minimum Gasteiger partial charge on any atom is -0.494 e. The van der Waals surface area contributed by atoms with E-state index in [0.717, 1.165) is 48.6 Å². The van der Waals surface area contributed by atoms with Crippen molar-refractivity contribution in [1.82, 2.24) is 0 Å². The molecule has 9 nitrogen and oxygen atoms in total. The van der Waals surface area contributed by atoms with Crippen molar-refractivity contribution in [3.63, 3.8) is 0 Å². The van der Waals surface area contributed by atoms with Crippen LogP contribution in [0, 0.1) is 0 Å². The Kier molecular flexibility index (Phi) is 17.8. The Labute approximate surface area is 289 Å². The van der Waals surface area contributed by atoms with Crippen molar-refractivity contribution in [1.29, 1.82) is 0 Å². The molecule has 0 bridgehead atoms. The second-order valence-electron chi connectivity index (χ2n) is 11.5. The van der Waals surface area contributed by atoms with Crippen molar-refractivity contribution in [2.24, 2.45) is 0 Å². The van der Waals surface area contributed by atoms with Gasteiger partial charge in [-0.2, -0.15) is 4.89 Å². The fraction of sp³-hybridized carbons (Fsp3) is 0.375. The third kappa shape index (κ3) is 15.7. The molecule has 0 aliphatic rings. The third-order valence-electron chi connectivity index (χ3n) is 7.51. The van der Waals surface area contributed by atoms with E-state index in [1.54, 1.807) is 43.3 Å². The molecular weight excluding hydrogens is 624 g/mol. The average Bonchev–Trinajstić information content (AvgIpc) is 3.12. The maximum Gasteiger partial charge on any atom is 0.365 e. The van der Waals surface area contributed by atoms with Gasteiger partial charge in [0.1, 0.15) is 30.0 Å². The summed E-state index contributed by atoms with van der Waals surface area (Å²) in [5.74, 6) is 0.376. The molecule has 3 aromatic carbocycles. The van der Waals surface area contributed by atoms with Gasteiger partial charge in [-0.05, 0) is 79.4 Å². The smallest absolute Gasteiger partial charge is 0.365 e. The topological polar surface area (TPSA) is 107 Å². The van der Waals surface area contributed by atoms with Crippen LogP contribution in [0.5, 0.6) is 17.2 Å². The second kappa shape index (κ2) is 22.6. The SMILES string of the molecule is C=CC(=O)OCCCCCCCCCCCCOc1ccc(C(=O)Oc2ccc(-c3ccc(O[C@@H](C)COOC(=O)C=C)cc3)cc2)cc1. The molecule has 3 aromatic rings. The first-order valence-corrected chi connectivity index (χ1v) is 16.9. The van der Waals surface area contributed by atoms with Crippen LogP contribution in [0.15, 0.2) is 98.1 Å². The van der Waals surface area contributed by atoms with E-state index in [2.05, 4.69) is 18.0 Å². The van der Waals surface area contributed by atoms with Crippen LogP contribution in [0.2, 0.25) is 0 Å². The molecule has 49 heavy (non-hydrogen) atoms. The Morgan fingerprint density at radius 2 is 1.10 bits per heavy atom. The zero-order chi connectivity index (χ0) is 35.1. The summed E-state index contributed by atoms with van der Waals surface area (Å²) in [6, 6.07) is 21.8. The summed E-state index contributed by atoms with van der Waals surface area (Å²) in [6.07, 6.45) is 13.3. The number of ether oxygens (including phenoxy) is 4. The van der Waals surface area contributed by atoms with Crippen LogP contribution >= 0.6 is 0 Å². The molecule has 0 heterocycles. The molecule has 0 N–H and O–H groups in total. The molecule has 0 aromatic heterocycles. The Hall–Kier alpha value is -4.89. The monoisotopic (exact) mass is 672 g/mol. The van der Waals surface area contributed by atoms with Gasteiger partial charge in [-0.1, -0.05) is 88.8 Å². The van der Waals surface area contributed by atoms with Gasteiger partial charge in [0.05, 0.1) is 18.8 Å². The average molecular weight is 673 g/mol. The minimum absolute atomic E-state index is 0.0737. The number of rotatable bonds is 24. The lowest BCUT2D eigenvalue weighted by atomic mass is 10.1. The number of carbonyl (C=O) groups is 3. The molecule has 0 spiro atoms. The number of unbranched alkanes of at least 4 members (excludes halogenated alkanes) is 9. The molecule has 0 saturated carbocycles. The Bertz CT molecular complexity index is 1430. The van der Waals surface area contributed by atoms with Gasteiger partial charge in [0, 0.05) is 12.2 Å². The fourth-order valence-corrected chi connectivity index (χ4v) is 4.82. The highest BCUT2D eigenvalue weighted by Gasteiger charge is 2.11. The van der Waals surface area contributed by atoms with Gasteiger partial charge in [0.25, 0.3) is 0 Å². The summed E-state index contributed by atoms with van der Waals surface area (Å²) in [7, 11) is 0. The highest BCUT2D eigenvalue weighted by molar-refractivity contribution is 5.91. The van der Waals surface area contributed by atoms with Crippen molar-refractivity contribution >= 4 is 17.9 Å². The Morgan fingerprint density at radius 1 is 0.612 bits per heavy atom. The Balaban J connectivity index is 1.27. The van der Waals surface area contributed by atoms with Crippen LogP contribution in [0.1, 0.15) is 81.5 Å². The molecule has 0 aliphatic carbocycles. The van der Waals surface area contributed by atoms with Gasteiger partial charge in [-0.3, -0.25) is 4.89 Å². The predicted molar refractivity (Wildman–Crippen MR) is 188 cm³/mol. The number of esters is 2. The molecule has 0 aliphatic heterocycles. The molecule has 0 fully saturated rings. The molecule has 0 radical (unpaired) electrons. The maximum absolute atomic E-state index is 12.7. The first-order valence-electron chi connectivity index (χ1n) is 16.9. The molecule has 1 atom stereocenters. The summed E-state index contributed by atoms with van der Waals surface area (Å²) in [5.41, 5.74) is 2.37. The van der Waals surface area contributed by atoms with Crippen molar-refractivity contribution in [2.45, 2.75) is 77.2 Å². The summed E-state index contributed by atoms with van der Waals surface area (Å²) < 4.78 is 22.2. The molecule has 0 saturated heterocycles. The lowest BCUT2D eigenvalue weighted by molar-refractivity contribution is -0.274. The maximum atomic E-state index is 12.7. The molecule has 3 rings (SSSR count). The zero-order valence-corrected chi connectivity index (χ0v) is 28.4. The highest BCUT2D eigenvalue weighted by Crippen LogP contribution is 2.26. The standard InChI is InChI=1S/C40H48O9/c1-4-38(41)45-29-15-13-11-9-7-6-8-10-12-14-28-44-35-22-20-34(21-23-35)40(43)48-37-26-18-33(19-27-37)32-16-24-36(25-17-32)47-31(3)30-46-49-39(42)5-2/h4-5,16-27,31H,1-2,6-15,28-30H2,3H3/t31-/m0/s1.